The highest BCUT2D eigenvalue weighted by Crippen LogP contribution is 2.32. The van der Waals surface area contributed by atoms with Crippen molar-refractivity contribution in [3.8, 4) is 0 Å². The number of aliphatic hydroxyl groups excluding tert-OH is 1. The van der Waals surface area contributed by atoms with Crippen LogP contribution in [0.4, 0.5) is 0 Å². The molecule has 1 aliphatic rings. The Bertz CT molecular complexity index is 263. The number of nitrogens with one attached hydrogen (secondary N) is 1. The van der Waals surface area contributed by atoms with E-state index in [9.17, 15) is 5.11 Å². The standard InChI is InChI=1S/C17H36N2O2/c1-5-7-14-8-9-17(18-6-2)15(10-14)11-19(3)12-16(20)13-21-4/h14-18,20H,5-13H2,1-4H3. The normalized spacial score (nSPS) is 28.0. The van der Waals surface area contributed by atoms with Crippen molar-refractivity contribution >= 4 is 0 Å². The zero-order chi connectivity index (χ0) is 15.7. The summed E-state index contributed by atoms with van der Waals surface area (Å²) in [6, 6.07) is 0.644. The van der Waals surface area contributed by atoms with Crippen molar-refractivity contribution in [1.29, 1.82) is 0 Å². The van der Waals surface area contributed by atoms with Gasteiger partial charge in [0.25, 0.3) is 0 Å². The zero-order valence-corrected chi connectivity index (χ0v) is 14.5. The molecule has 0 saturated heterocycles. The average molecular weight is 300 g/mol. The molecule has 126 valence electrons. The molecule has 0 amide bonds. The second kappa shape index (κ2) is 10.5. The number of aliphatic hydroxyl groups is 1. The summed E-state index contributed by atoms with van der Waals surface area (Å²) in [7, 11) is 3.76. The third-order valence-electron chi connectivity index (χ3n) is 4.68. The lowest BCUT2D eigenvalue weighted by Crippen LogP contribution is -2.46. The first-order valence-corrected chi connectivity index (χ1v) is 8.69. The molecule has 4 unspecified atom stereocenters. The van der Waals surface area contributed by atoms with Gasteiger partial charge in [0.2, 0.25) is 0 Å². The fraction of sp³-hybridized carbons (Fsp3) is 1.00. The number of nitrogens with zero attached hydrogens (tertiary/aromatic N) is 1. The van der Waals surface area contributed by atoms with E-state index in [2.05, 4.69) is 31.1 Å². The minimum absolute atomic E-state index is 0.382. The van der Waals surface area contributed by atoms with Crippen LogP contribution >= 0.6 is 0 Å². The number of methoxy groups -OCH3 is 1. The van der Waals surface area contributed by atoms with Crippen molar-refractivity contribution in [1.82, 2.24) is 10.2 Å². The molecule has 1 rings (SSSR count). The number of hydrogen-bond acceptors (Lipinski definition) is 4. The van der Waals surface area contributed by atoms with Gasteiger partial charge in [-0.25, -0.2) is 0 Å². The van der Waals surface area contributed by atoms with E-state index in [0.717, 1.165) is 19.0 Å². The first-order chi connectivity index (χ1) is 10.1. The number of hydrogen-bond donors (Lipinski definition) is 2. The van der Waals surface area contributed by atoms with Gasteiger partial charge in [-0.3, -0.25) is 0 Å². The molecule has 0 radical (unpaired) electrons. The molecule has 0 aromatic carbocycles. The highest BCUT2D eigenvalue weighted by molar-refractivity contribution is 4.86. The van der Waals surface area contributed by atoms with E-state index < -0.39 is 0 Å². The average Bonchev–Trinajstić information content (AvgIpc) is 2.42. The molecule has 4 heteroatoms. The molecule has 0 aromatic rings. The lowest BCUT2D eigenvalue weighted by molar-refractivity contribution is 0.0356. The minimum Gasteiger partial charge on any atom is -0.389 e. The van der Waals surface area contributed by atoms with E-state index in [1.54, 1.807) is 7.11 Å². The number of ether oxygens (including phenoxy) is 1. The summed E-state index contributed by atoms with van der Waals surface area (Å²) in [5, 5.41) is 13.5. The Morgan fingerprint density at radius 2 is 2.10 bits per heavy atom. The predicted molar refractivity (Wildman–Crippen MR) is 88.6 cm³/mol. The summed E-state index contributed by atoms with van der Waals surface area (Å²) in [5.41, 5.74) is 0. The molecule has 1 saturated carbocycles. The minimum atomic E-state index is -0.382. The molecular formula is C17H36N2O2. The van der Waals surface area contributed by atoms with Gasteiger partial charge in [-0.15, -0.1) is 0 Å². The van der Waals surface area contributed by atoms with Crippen molar-refractivity contribution < 1.29 is 9.84 Å². The highest BCUT2D eigenvalue weighted by Gasteiger charge is 2.30. The van der Waals surface area contributed by atoms with Crippen molar-refractivity contribution in [3.63, 3.8) is 0 Å². The van der Waals surface area contributed by atoms with Crippen LogP contribution in [-0.4, -0.2) is 62.6 Å². The maximum atomic E-state index is 9.87. The van der Waals surface area contributed by atoms with Gasteiger partial charge < -0.3 is 20.1 Å². The highest BCUT2D eigenvalue weighted by atomic mass is 16.5. The summed E-state index contributed by atoms with van der Waals surface area (Å²) in [6.07, 6.45) is 6.29. The first-order valence-electron chi connectivity index (χ1n) is 8.69. The van der Waals surface area contributed by atoms with E-state index in [-0.39, 0.29) is 6.10 Å². The van der Waals surface area contributed by atoms with Crippen LogP contribution in [0, 0.1) is 11.8 Å². The lowest BCUT2D eigenvalue weighted by atomic mass is 9.76. The first kappa shape index (κ1) is 18.9. The molecule has 2 N–H and O–H groups in total. The molecule has 0 bridgehead atoms. The van der Waals surface area contributed by atoms with Crippen LogP contribution in [0.3, 0.4) is 0 Å². The van der Waals surface area contributed by atoms with Gasteiger partial charge in [-0.05, 0) is 44.7 Å². The quantitative estimate of drug-likeness (QED) is 0.649. The van der Waals surface area contributed by atoms with E-state index >= 15 is 0 Å². The summed E-state index contributed by atoms with van der Waals surface area (Å²) in [6.45, 7) is 7.72. The predicted octanol–water partition coefficient (Wildman–Crippen LogP) is 2.12. The zero-order valence-electron chi connectivity index (χ0n) is 14.5. The van der Waals surface area contributed by atoms with Gasteiger partial charge in [-0.2, -0.15) is 0 Å². The summed E-state index contributed by atoms with van der Waals surface area (Å²) >= 11 is 0. The molecule has 21 heavy (non-hydrogen) atoms. The summed E-state index contributed by atoms with van der Waals surface area (Å²) in [5.74, 6) is 1.60. The Kier molecular flexibility index (Phi) is 9.49. The van der Waals surface area contributed by atoms with Crippen LogP contribution in [0.1, 0.15) is 46.0 Å². The van der Waals surface area contributed by atoms with Crippen LogP contribution in [0.25, 0.3) is 0 Å². The molecule has 1 fully saturated rings. The Hall–Kier alpha value is -0.160. The molecular weight excluding hydrogens is 264 g/mol. The second-order valence-electron chi connectivity index (χ2n) is 6.72. The van der Waals surface area contributed by atoms with Gasteiger partial charge in [0.15, 0.2) is 0 Å². The molecule has 0 aliphatic heterocycles. The largest absolute Gasteiger partial charge is 0.389 e. The Labute approximate surface area is 131 Å². The van der Waals surface area contributed by atoms with E-state index in [0.29, 0.717) is 25.1 Å². The van der Waals surface area contributed by atoms with Crippen LogP contribution < -0.4 is 5.32 Å². The lowest BCUT2D eigenvalue weighted by Gasteiger charge is -2.39. The van der Waals surface area contributed by atoms with Crippen molar-refractivity contribution in [2.75, 3.05) is 40.4 Å². The third kappa shape index (κ3) is 7.09. The topological polar surface area (TPSA) is 44.7 Å². The summed E-state index contributed by atoms with van der Waals surface area (Å²) in [4.78, 5) is 2.27. The maximum Gasteiger partial charge on any atom is 0.0899 e. The fourth-order valence-corrected chi connectivity index (χ4v) is 3.84. The van der Waals surface area contributed by atoms with Crippen LogP contribution in [0.5, 0.6) is 0 Å². The fourth-order valence-electron chi connectivity index (χ4n) is 3.84. The summed E-state index contributed by atoms with van der Waals surface area (Å²) < 4.78 is 5.01. The smallest absolute Gasteiger partial charge is 0.0899 e. The second-order valence-corrected chi connectivity index (χ2v) is 6.72. The molecule has 1 aliphatic carbocycles. The van der Waals surface area contributed by atoms with Crippen molar-refractivity contribution in [2.24, 2.45) is 11.8 Å². The molecule has 4 nitrogen and oxygen atoms in total. The van der Waals surface area contributed by atoms with Gasteiger partial charge in [-0.1, -0.05) is 26.7 Å². The SMILES string of the molecule is CCCC1CCC(NCC)C(CN(C)CC(O)COC)C1. The van der Waals surface area contributed by atoms with E-state index in [1.165, 1.54) is 32.1 Å². The Morgan fingerprint density at radius 1 is 1.33 bits per heavy atom. The van der Waals surface area contributed by atoms with Gasteiger partial charge in [0.05, 0.1) is 12.7 Å². The van der Waals surface area contributed by atoms with Crippen LogP contribution in [-0.2, 0) is 4.74 Å². The van der Waals surface area contributed by atoms with E-state index in [1.807, 2.05) is 0 Å². The number of likely N-dealkylation sites (N-methyl/N-ethyl adjacent to an activating group) is 1. The monoisotopic (exact) mass is 300 g/mol. The van der Waals surface area contributed by atoms with Crippen molar-refractivity contribution in [3.05, 3.63) is 0 Å². The molecule has 4 atom stereocenters. The molecule has 0 heterocycles. The van der Waals surface area contributed by atoms with Crippen molar-refractivity contribution in [2.45, 2.75) is 58.1 Å². The van der Waals surface area contributed by atoms with E-state index in [4.69, 9.17) is 4.74 Å². The Balaban J connectivity index is 2.48. The van der Waals surface area contributed by atoms with Crippen LogP contribution in [0.15, 0.2) is 0 Å². The molecule has 0 aromatic heterocycles. The van der Waals surface area contributed by atoms with Gasteiger partial charge in [0.1, 0.15) is 0 Å². The van der Waals surface area contributed by atoms with Gasteiger partial charge in [0, 0.05) is 26.2 Å². The Morgan fingerprint density at radius 3 is 2.71 bits per heavy atom. The maximum absolute atomic E-state index is 9.87. The third-order valence-corrected chi connectivity index (χ3v) is 4.68. The number of rotatable bonds is 10. The van der Waals surface area contributed by atoms with Crippen LogP contribution in [0.2, 0.25) is 0 Å². The molecule has 0 spiro atoms. The van der Waals surface area contributed by atoms with Gasteiger partial charge >= 0.3 is 0 Å².